The van der Waals surface area contributed by atoms with Crippen molar-refractivity contribution in [1.82, 2.24) is 0 Å². The highest BCUT2D eigenvalue weighted by Crippen LogP contribution is 2.16. The summed E-state index contributed by atoms with van der Waals surface area (Å²) in [5, 5.41) is 9.81. The van der Waals surface area contributed by atoms with Crippen LogP contribution in [-0.2, 0) is 4.74 Å². The maximum atomic E-state index is 9.81. The van der Waals surface area contributed by atoms with E-state index < -0.39 is 6.10 Å². The zero-order chi connectivity index (χ0) is 14.5. The lowest BCUT2D eigenvalue weighted by atomic mass is 10.0. The molecule has 1 atom stereocenters. The average Bonchev–Trinajstić information content (AvgIpc) is 2.46. The number of ether oxygens (including phenoxy) is 1. The van der Waals surface area contributed by atoms with Crippen LogP contribution in [0.5, 0.6) is 0 Å². The van der Waals surface area contributed by atoms with E-state index in [1.165, 1.54) is 0 Å². The molecule has 1 aromatic rings. The van der Waals surface area contributed by atoms with Gasteiger partial charge in [0.2, 0.25) is 0 Å². The van der Waals surface area contributed by atoms with E-state index in [1.54, 1.807) is 7.11 Å². The highest BCUT2D eigenvalue weighted by atomic mass is 16.5. The molecule has 1 unspecified atom stereocenters. The van der Waals surface area contributed by atoms with Crippen molar-refractivity contribution in [3.8, 4) is 11.8 Å². The molecule has 1 aromatic carbocycles. The molecule has 3 heteroatoms. The van der Waals surface area contributed by atoms with Gasteiger partial charge in [0.1, 0.15) is 0 Å². The molecule has 0 aromatic heterocycles. The van der Waals surface area contributed by atoms with Crippen LogP contribution < -0.4 is 5.73 Å². The summed E-state index contributed by atoms with van der Waals surface area (Å²) in [7, 11) is 1.66. The van der Waals surface area contributed by atoms with Gasteiger partial charge in [-0.1, -0.05) is 37.8 Å². The van der Waals surface area contributed by atoms with Crippen LogP contribution in [0.25, 0.3) is 0 Å². The molecule has 19 heavy (non-hydrogen) atoms. The summed E-state index contributed by atoms with van der Waals surface area (Å²) in [4.78, 5) is 0. The topological polar surface area (TPSA) is 55.5 Å². The van der Waals surface area contributed by atoms with Crippen molar-refractivity contribution in [3.63, 3.8) is 0 Å². The van der Waals surface area contributed by atoms with Gasteiger partial charge in [-0.3, -0.25) is 0 Å². The number of nitrogens with two attached hydrogens (primary N) is 1. The zero-order valence-corrected chi connectivity index (χ0v) is 12.1. The van der Waals surface area contributed by atoms with Gasteiger partial charge in [-0.2, -0.15) is 0 Å². The van der Waals surface area contributed by atoms with Gasteiger partial charge in [0.05, 0.1) is 12.7 Å². The summed E-state index contributed by atoms with van der Waals surface area (Å²) < 4.78 is 4.92. The summed E-state index contributed by atoms with van der Waals surface area (Å²) in [6.07, 6.45) is 0.785. The predicted octanol–water partition coefficient (Wildman–Crippen LogP) is 2.48. The van der Waals surface area contributed by atoms with Crippen molar-refractivity contribution < 1.29 is 9.84 Å². The molecular weight excluding hydrogens is 238 g/mol. The van der Waals surface area contributed by atoms with Crippen molar-refractivity contribution in [2.24, 2.45) is 5.73 Å². The Hall–Kier alpha value is -1.34. The Balaban J connectivity index is 0.00000154. The molecule has 0 aliphatic rings. The van der Waals surface area contributed by atoms with Crippen LogP contribution in [0.15, 0.2) is 24.3 Å². The summed E-state index contributed by atoms with van der Waals surface area (Å²) in [6, 6.07) is 7.62. The smallest absolute Gasteiger partial charge is 0.0802 e. The number of aliphatic hydroxyl groups is 1. The van der Waals surface area contributed by atoms with Gasteiger partial charge in [-0.05, 0) is 30.7 Å². The molecule has 0 aliphatic heterocycles. The van der Waals surface area contributed by atoms with Crippen LogP contribution in [0.2, 0.25) is 0 Å². The van der Waals surface area contributed by atoms with E-state index in [0.29, 0.717) is 26.0 Å². The first-order valence-corrected chi connectivity index (χ1v) is 6.74. The molecule has 0 fully saturated rings. The van der Waals surface area contributed by atoms with Gasteiger partial charge in [0.15, 0.2) is 0 Å². The first-order valence-electron chi connectivity index (χ1n) is 6.74. The molecule has 0 spiro atoms. The summed E-state index contributed by atoms with van der Waals surface area (Å²) in [5.74, 6) is 6.06. The third-order valence-corrected chi connectivity index (χ3v) is 2.38. The molecular formula is C16H25NO2. The molecule has 0 amide bonds. The van der Waals surface area contributed by atoms with E-state index in [9.17, 15) is 5.11 Å². The van der Waals surface area contributed by atoms with E-state index >= 15 is 0 Å². The van der Waals surface area contributed by atoms with Crippen molar-refractivity contribution in [2.75, 3.05) is 20.3 Å². The second-order valence-electron chi connectivity index (χ2n) is 3.76. The largest absolute Gasteiger partial charge is 0.388 e. The van der Waals surface area contributed by atoms with Crippen molar-refractivity contribution >= 4 is 0 Å². The number of aliphatic hydroxyl groups excluding tert-OH is 1. The number of hydrogen-bond acceptors (Lipinski definition) is 3. The van der Waals surface area contributed by atoms with Crippen molar-refractivity contribution in [1.29, 1.82) is 0 Å². The predicted molar refractivity (Wildman–Crippen MR) is 79.8 cm³/mol. The number of methoxy groups -OCH3 is 1. The highest BCUT2D eigenvalue weighted by molar-refractivity contribution is 5.37. The second-order valence-corrected chi connectivity index (χ2v) is 3.76. The lowest BCUT2D eigenvalue weighted by Gasteiger charge is -2.09. The molecule has 0 heterocycles. The lowest BCUT2D eigenvalue weighted by Crippen LogP contribution is -2.06. The van der Waals surface area contributed by atoms with Gasteiger partial charge in [-0.25, -0.2) is 0 Å². The average molecular weight is 263 g/mol. The van der Waals surface area contributed by atoms with Crippen LogP contribution >= 0.6 is 0 Å². The molecule has 3 nitrogen and oxygen atoms in total. The Morgan fingerprint density at radius 2 is 2.11 bits per heavy atom. The van der Waals surface area contributed by atoms with Crippen LogP contribution in [0, 0.1) is 11.8 Å². The molecule has 0 aliphatic carbocycles. The standard InChI is InChI=1S/C14H19NO2.C2H6/c1-17-10-3-2-5-12-6-4-7-13(11-12)14(16)8-9-15;1-2/h4,6-7,11,14,16H,3,8-10,15H2,1H3;1-2H3. The van der Waals surface area contributed by atoms with Gasteiger partial charge in [0, 0.05) is 19.1 Å². The van der Waals surface area contributed by atoms with Gasteiger partial charge in [0.25, 0.3) is 0 Å². The van der Waals surface area contributed by atoms with Crippen LogP contribution in [0.4, 0.5) is 0 Å². The number of hydrogen-bond donors (Lipinski definition) is 2. The van der Waals surface area contributed by atoms with Crippen molar-refractivity contribution in [2.45, 2.75) is 32.8 Å². The first kappa shape index (κ1) is 17.7. The fourth-order valence-corrected chi connectivity index (χ4v) is 1.47. The van der Waals surface area contributed by atoms with Gasteiger partial charge < -0.3 is 15.6 Å². The Morgan fingerprint density at radius 3 is 2.74 bits per heavy atom. The maximum Gasteiger partial charge on any atom is 0.0802 e. The van der Waals surface area contributed by atoms with Crippen LogP contribution in [0.3, 0.4) is 0 Å². The maximum absolute atomic E-state index is 9.81. The molecule has 1 rings (SSSR count). The quantitative estimate of drug-likeness (QED) is 0.634. The lowest BCUT2D eigenvalue weighted by molar-refractivity contribution is 0.170. The van der Waals surface area contributed by atoms with Crippen LogP contribution in [-0.4, -0.2) is 25.4 Å². The minimum Gasteiger partial charge on any atom is -0.388 e. The summed E-state index contributed by atoms with van der Waals surface area (Å²) in [5.41, 5.74) is 7.20. The summed E-state index contributed by atoms with van der Waals surface area (Å²) in [6.45, 7) is 5.12. The SMILES string of the molecule is CC.COCCC#Cc1cccc(C(O)CCN)c1. The Morgan fingerprint density at radius 1 is 1.37 bits per heavy atom. The Bertz CT molecular complexity index is 393. The fourth-order valence-electron chi connectivity index (χ4n) is 1.47. The summed E-state index contributed by atoms with van der Waals surface area (Å²) >= 11 is 0. The molecule has 3 N–H and O–H groups in total. The third-order valence-electron chi connectivity index (χ3n) is 2.38. The van der Waals surface area contributed by atoms with E-state index in [4.69, 9.17) is 10.5 Å². The zero-order valence-electron chi connectivity index (χ0n) is 12.1. The van der Waals surface area contributed by atoms with Crippen molar-refractivity contribution in [3.05, 3.63) is 35.4 Å². The second kappa shape index (κ2) is 11.7. The number of rotatable bonds is 5. The minimum atomic E-state index is -0.499. The molecule has 106 valence electrons. The third kappa shape index (κ3) is 7.63. The molecule has 0 bridgehead atoms. The van der Waals surface area contributed by atoms with E-state index in [0.717, 1.165) is 11.1 Å². The number of benzene rings is 1. The molecule has 0 radical (unpaired) electrons. The van der Waals surface area contributed by atoms with E-state index in [-0.39, 0.29) is 0 Å². The Kier molecular flexibility index (Phi) is 10.9. The molecule has 0 saturated heterocycles. The monoisotopic (exact) mass is 263 g/mol. The fraction of sp³-hybridized carbons (Fsp3) is 0.500. The minimum absolute atomic E-state index is 0.477. The first-order chi connectivity index (χ1) is 9.27. The van der Waals surface area contributed by atoms with Crippen LogP contribution in [0.1, 0.15) is 43.9 Å². The van der Waals surface area contributed by atoms with E-state index in [2.05, 4.69) is 11.8 Å². The van der Waals surface area contributed by atoms with E-state index in [1.807, 2.05) is 38.1 Å². The normalized spacial score (nSPS) is 10.8. The molecule has 0 saturated carbocycles. The Labute approximate surface area is 116 Å². The van der Waals surface area contributed by atoms with Gasteiger partial charge >= 0.3 is 0 Å². The highest BCUT2D eigenvalue weighted by Gasteiger charge is 2.05. The van der Waals surface area contributed by atoms with Gasteiger partial charge in [-0.15, -0.1) is 0 Å².